The van der Waals surface area contributed by atoms with Gasteiger partial charge < -0.3 is 5.32 Å². The summed E-state index contributed by atoms with van der Waals surface area (Å²) >= 11 is 0. The Bertz CT molecular complexity index is 713. The molecule has 5 heteroatoms. The maximum atomic E-state index is 12.7. The number of rotatable bonds is 5. The van der Waals surface area contributed by atoms with Gasteiger partial charge in [-0.3, -0.25) is 14.3 Å². The molecule has 0 aliphatic rings. The van der Waals surface area contributed by atoms with Crippen LogP contribution in [-0.2, 0) is 11.8 Å². The van der Waals surface area contributed by atoms with Crippen molar-refractivity contribution in [3.63, 3.8) is 0 Å². The van der Waals surface area contributed by atoms with Crippen LogP contribution in [0.4, 0.5) is 5.69 Å². The summed E-state index contributed by atoms with van der Waals surface area (Å²) in [6, 6.07) is 9.40. The number of aromatic nitrogens is 2. The highest BCUT2D eigenvalue weighted by atomic mass is 16.2. The van der Waals surface area contributed by atoms with E-state index in [9.17, 15) is 9.59 Å². The monoisotopic (exact) mass is 301 g/mol. The normalized spacial score (nSPS) is 12.2. The lowest BCUT2D eigenvalue weighted by atomic mass is 10.1. The van der Waals surface area contributed by atoms with E-state index in [4.69, 9.17) is 0 Å². The van der Waals surface area contributed by atoms with Crippen LogP contribution in [0.15, 0.2) is 35.1 Å². The van der Waals surface area contributed by atoms with Gasteiger partial charge >= 0.3 is 0 Å². The van der Waals surface area contributed by atoms with Crippen LogP contribution in [0, 0.1) is 12.8 Å². The molecule has 0 saturated heterocycles. The van der Waals surface area contributed by atoms with Gasteiger partial charge in [-0.25, -0.2) is 4.68 Å². The molecule has 1 heterocycles. The first-order valence-corrected chi connectivity index (χ1v) is 7.62. The smallest absolute Gasteiger partial charge is 0.295 e. The largest absolute Gasteiger partial charge is 0.320 e. The molecule has 2 aromatic rings. The molecule has 1 amide bonds. The van der Waals surface area contributed by atoms with Gasteiger partial charge in [0.05, 0.1) is 11.4 Å². The Morgan fingerprint density at radius 3 is 2.50 bits per heavy atom. The molecule has 118 valence electrons. The topological polar surface area (TPSA) is 56.0 Å². The molecule has 22 heavy (non-hydrogen) atoms. The average Bonchev–Trinajstić information content (AvgIpc) is 2.72. The van der Waals surface area contributed by atoms with Gasteiger partial charge in [0.2, 0.25) is 5.91 Å². The standard InChI is InChI=1S/C17H23N3O2/c1-5-9-12(2)16(21)18-15-13(3)19(4)20(17(15)22)14-10-7-6-8-11-14/h6-8,10-12H,5,9H2,1-4H3,(H,18,21). The minimum atomic E-state index is -0.205. The van der Waals surface area contributed by atoms with Crippen molar-refractivity contribution in [1.29, 1.82) is 0 Å². The van der Waals surface area contributed by atoms with Crippen molar-refractivity contribution < 1.29 is 4.79 Å². The molecule has 1 atom stereocenters. The van der Waals surface area contributed by atoms with Crippen molar-refractivity contribution in [2.24, 2.45) is 13.0 Å². The van der Waals surface area contributed by atoms with Crippen LogP contribution < -0.4 is 10.9 Å². The zero-order valence-corrected chi connectivity index (χ0v) is 13.6. The number of amides is 1. The van der Waals surface area contributed by atoms with Crippen molar-refractivity contribution in [1.82, 2.24) is 9.36 Å². The summed E-state index contributed by atoms with van der Waals surface area (Å²) in [5, 5.41) is 2.80. The Kier molecular flexibility index (Phi) is 4.85. The third-order valence-electron chi connectivity index (χ3n) is 3.97. The quantitative estimate of drug-likeness (QED) is 0.923. The van der Waals surface area contributed by atoms with E-state index >= 15 is 0 Å². The zero-order valence-electron chi connectivity index (χ0n) is 13.6. The number of anilines is 1. The predicted octanol–water partition coefficient (Wildman–Crippen LogP) is 2.86. The van der Waals surface area contributed by atoms with Crippen LogP contribution in [0.2, 0.25) is 0 Å². The lowest BCUT2D eigenvalue weighted by Crippen LogP contribution is -2.25. The van der Waals surface area contributed by atoms with E-state index in [-0.39, 0.29) is 17.4 Å². The Labute approximate surface area is 130 Å². The number of nitrogens with one attached hydrogen (secondary N) is 1. The van der Waals surface area contributed by atoms with Gasteiger partial charge in [0.25, 0.3) is 5.56 Å². The minimum Gasteiger partial charge on any atom is -0.320 e. The fourth-order valence-corrected chi connectivity index (χ4v) is 2.52. The number of para-hydroxylation sites is 1. The number of benzene rings is 1. The predicted molar refractivity (Wildman–Crippen MR) is 88.4 cm³/mol. The minimum absolute atomic E-state index is 0.103. The maximum absolute atomic E-state index is 12.7. The van der Waals surface area contributed by atoms with Crippen LogP contribution in [-0.4, -0.2) is 15.3 Å². The van der Waals surface area contributed by atoms with E-state index in [0.717, 1.165) is 24.2 Å². The SMILES string of the molecule is CCCC(C)C(=O)Nc1c(C)n(C)n(-c2ccccc2)c1=O. The number of hydrogen-bond donors (Lipinski definition) is 1. The third-order valence-corrected chi connectivity index (χ3v) is 3.97. The van der Waals surface area contributed by atoms with Crippen molar-refractivity contribution in [3.8, 4) is 5.69 Å². The second kappa shape index (κ2) is 6.64. The summed E-state index contributed by atoms with van der Waals surface area (Å²) in [6.07, 6.45) is 1.75. The molecule has 1 aromatic carbocycles. The maximum Gasteiger partial charge on any atom is 0.295 e. The summed E-state index contributed by atoms with van der Waals surface area (Å²) in [4.78, 5) is 24.8. The highest BCUT2D eigenvalue weighted by Gasteiger charge is 2.20. The molecule has 0 fully saturated rings. The van der Waals surface area contributed by atoms with Crippen LogP contribution in [0.5, 0.6) is 0 Å². The lowest BCUT2D eigenvalue weighted by Gasteiger charge is -2.09. The van der Waals surface area contributed by atoms with Gasteiger partial charge in [0.15, 0.2) is 0 Å². The molecule has 1 unspecified atom stereocenters. The second-order valence-corrected chi connectivity index (χ2v) is 5.62. The van der Waals surface area contributed by atoms with E-state index in [1.807, 2.05) is 58.2 Å². The molecule has 5 nitrogen and oxygen atoms in total. The summed E-state index contributed by atoms with van der Waals surface area (Å²) in [6.45, 7) is 5.76. The van der Waals surface area contributed by atoms with Crippen molar-refractivity contribution in [2.75, 3.05) is 5.32 Å². The molecular formula is C17H23N3O2. The van der Waals surface area contributed by atoms with Crippen molar-refractivity contribution >= 4 is 11.6 Å². The molecule has 0 saturated carbocycles. The molecule has 0 spiro atoms. The molecular weight excluding hydrogens is 278 g/mol. The van der Waals surface area contributed by atoms with Crippen LogP contribution in [0.25, 0.3) is 5.69 Å². The fraction of sp³-hybridized carbons (Fsp3) is 0.412. The summed E-state index contributed by atoms with van der Waals surface area (Å²) in [5.41, 5.74) is 1.67. The van der Waals surface area contributed by atoms with E-state index in [1.165, 1.54) is 0 Å². The Balaban J connectivity index is 2.39. The second-order valence-electron chi connectivity index (χ2n) is 5.62. The van der Waals surface area contributed by atoms with Crippen molar-refractivity contribution in [2.45, 2.75) is 33.6 Å². The first-order valence-electron chi connectivity index (χ1n) is 7.62. The first-order chi connectivity index (χ1) is 10.5. The van der Waals surface area contributed by atoms with Crippen LogP contribution >= 0.6 is 0 Å². The number of nitrogens with zero attached hydrogens (tertiary/aromatic N) is 2. The van der Waals surface area contributed by atoms with E-state index in [2.05, 4.69) is 5.32 Å². The van der Waals surface area contributed by atoms with Crippen LogP contribution in [0.1, 0.15) is 32.4 Å². The van der Waals surface area contributed by atoms with Gasteiger partial charge in [0.1, 0.15) is 5.69 Å². The Morgan fingerprint density at radius 2 is 1.91 bits per heavy atom. The molecule has 0 aliphatic carbocycles. The van der Waals surface area contributed by atoms with Gasteiger partial charge in [-0.1, -0.05) is 38.5 Å². The molecule has 0 bridgehead atoms. The Morgan fingerprint density at radius 1 is 1.27 bits per heavy atom. The Hall–Kier alpha value is -2.30. The van der Waals surface area contributed by atoms with Crippen LogP contribution in [0.3, 0.4) is 0 Å². The molecule has 1 aromatic heterocycles. The van der Waals surface area contributed by atoms with E-state index < -0.39 is 0 Å². The third kappa shape index (κ3) is 2.98. The molecule has 0 radical (unpaired) electrons. The van der Waals surface area contributed by atoms with E-state index in [0.29, 0.717) is 5.69 Å². The summed E-state index contributed by atoms with van der Waals surface area (Å²) < 4.78 is 3.33. The van der Waals surface area contributed by atoms with Gasteiger partial charge in [-0.2, -0.15) is 0 Å². The highest BCUT2D eigenvalue weighted by molar-refractivity contribution is 5.92. The molecule has 1 N–H and O–H groups in total. The number of hydrogen-bond acceptors (Lipinski definition) is 2. The van der Waals surface area contributed by atoms with Crippen molar-refractivity contribution in [3.05, 3.63) is 46.4 Å². The van der Waals surface area contributed by atoms with Gasteiger partial charge in [-0.05, 0) is 25.5 Å². The lowest BCUT2D eigenvalue weighted by molar-refractivity contribution is -0.119. The fourth-order valence-electron chi connectivity index (χ4n) is 2.52. The molecule has 0 aliphatic heterocycles. The summed E-state index contributed by atoms with van der Waals surface area (Å²) in [7, 11) is 1.81. The van der Waals surface area contributed by atoms with Gasteiger partial charge in [0, 0.05) is 13.0 Å². The number of carbonyl (C=O) groups excluding carboxylic acids is 1. The molecule has 2 rings (SSSR count). The zero-order chi connectivity index (χ0) is 16.3. The number of carbonyl (C=O) groups is 1. The van der Waals surface area contributed by atoms with E-state index in [1.54, 1.807) is 9.36 Å². The average molecular weight is 301 g/mol. The summed E-state index contributed by atoms with van der Waals surface area (Å²) in [5.74, 6) is -0.206. The van der Waals surface area contributed by atoms with Gasteiger partial charge in [-0.15, -0.1) is 0 Å². The highest BCUT2D eigenvalue weighted by Crippen LogP contribution is 2.15. The first kappa shape index (κ1) is 16.1.